The van der Waals surface area contributed by atoms with Crippen LogP contribution >= 0.6 is 0 Å². The summed E-state index contributed by atoms with van der Waals surface area (Å²) >= 11 is 0. The predicted octanol–water partition coefficient (Wildman–Crippen LogP) is 11.2. The summed E-state index contributed by atoms with van der Waals surface area (Å²) < 4.78 is 11.3. The van der Waals surface area contributed by atoms with Crippen LogP contribution in [0.1, 0.15) is 139 Å². The molecule has 0 unspecified atom stereocenters. The number of hydrogen-bond donors (Lipinski definition) is 0. The summed E-state index contributed by atoms with van der Waals surface area (Å²) in [7, 11) is 0. The van der Waals surface area contributed by atoms with Gasteiger partial charge in [0.1, 0.15) is 12.7 Å². The second-order valence-corrected chi connectivity index (χ2v) is 15.7. The first-order valence-electron chi connectivity index (χ1n) is 17.3. The van der Waals surface area contributed by atoms with Crippen molar-refractivity contribution in [2.24, 2.45) is 46.3 Å². The van der Waals surface area contributed by atoms with E-state index in [1.165, 1.54) is 62.5 Å². The first-order chi connectivity index (χ1) is 19.4. The van der Waals surface area contributed by atoms with Crippen LogP contribution in [0.5, 0.6) is 0 Å². The Morgan fingerprint density at radius 3 is 2.51 bits per heavy atom. The van der Waals surface area contributed by atoms with E-state index in [9.17, 15) is 4.79 Å². The molecule has 3 heteroatoms. The van der Waals surface area contributed by atoms with Crippen molar-refractivity contribution >= 4 is 6.16 Å². The highest BCUT2D eigenvalue weighted by Gasteiger charge is 2.59. The van der Waals surface area contributed by atoms with Crippen molar-refractivity contribution in [2.75, 3.05) is 6.61 Å². The Balaban J connectivity index is 1.30. The van der Waals surface area contributed by atoms with E-state index in [4.69, 9.17) is 9.47 Å². The van der Waals surface area contributed by atoms with Crippen LogP contribution in [0.3, 0.4) is 0 Å². The van der Waals surface area contributed by atoms with Gasteiger partial charge in [-0.05, 0) is 131 Å². The van der Waals surface area contributed by atoms with Crippen molar-refractivity contribution < 1.29 is 14.3 Å². The van der Waals surface area contributed by atoms with E-state index >= 15 is 0 Å². The van der Waals surface area contributed by atoms with E-state index in [-0.39, 0.29) is 11.5 Å². The summed E-state index contributed by atoms with van der Waals surface area (Å²) in [4.78, 5) is 12.5. The van der Waals surface area contributed by atoms with Crippen molar-refractivity contribution in [1.29, 1.82) is 0 Å². The maximum atomic E-state index is 12.5. The zero-order valence-electron chi connectivity index (χ0n) is 27.9. The maximum Gasteiger partial charge on any atom is 0.508 e. The molecule has 8 atom stereocenters. The Morgan fingerprint density at radius 1 is 1.00 bits per heavy atom. The van der Waals surface area contributed by atoms with Gasteiger partial charge in [-0.15, -0.1) is 0 Å². The highest BCUT2D eigenvalue weighted by molar-refractivity contribution is 5.60. The molecule has 4 rings (SSSR count). The first kappa shape index (κ1) is 32.4. The molecule has 0 N–H and O–H groups in total. The van der Waals surface area contributed by atoms with Gasteiger partial charge in [-0.2, -0.15) is 0 Å². The minimum Gasteiger partial charge on any atom is -0.431 e. The first-order valence-corrected chi connectivity index (χ1v) is 17.3. The van der Waals surface area contributed by atoms with Crippen LogP contribution in [0.2, 0.25) is 0 Å². The quantitative estimate of drug-likeness (QED) is 0.184. The third kappa shape index (κ3) is 7.53. The van der Waals surface area contributed by atoms with Crippen LogP contribution in [0.15, 0.2) is 34.9 Å². The monoisotopic (exact) mass is 566 g/mol. The van der Waals surface area contributed by atoms with Crippen molar-refractivity contribution in [1.82, 2.24) is 0 Å². The van der Waals surface area contributed by atoms with E-state index < -0.39 is 6.16 Å². The van der Waals surface area contributed by atoms with Crippen molar-refractivity contribution in [3.63, 3.8) is 0 Å². The molecule has 0 spiro atoms. The SMILES string of the molecule is CC(C)=CCC/C(C)=C/COC(=O)O[C@H]1CC[C@@]2(C)C(=CC[C@@H]3[C@H]4CC[C@@H]([C@@H](C)CCCC(C)C)[C@@]4(C)CC[C@H]32)C1. The molecule has 0 aromatic carbocycles. The van der Waals surface area contributed by atoms with Gasteiger partial charge in [-0.3, -0.25) is 0 Å². The molecular formula is C38H62O3. The molecule has 4 aliphatic rings. The van der Waals surface area contributed by atoms with Crippen molar-refractivity contribution in [2.45, 2.75) is 145 Å². The second-order valence-electron chi connectivity index (χ2n) is 15.7. The predicted molar refractivity (Wildman–Crippen MR) is 172 cm³/mol. The topological polar surface area (TPSA) is 35.5 Å². The fraction of sp³-hybridized carbons (Fsp3) is 0.816. The number of fused-ring (bicyclic) bond motifs is 5. The van der Waals surface area contributed by atoms with Crippen LogP contribution < -0.4 is 0 Å². The molecule has 0 aromatic rings. The molecule has 232 valence electrons. The molecule has 0 radical (unpaired) electrons. The standard InChI is InChI=1S/C38H62O3/c1-26(2)11-9-13-28(5)21-24-40-36(39)41-31-19-22-37(7)30(25-31)15-16-32-34-18-17-33(29(6)14-10-12-27(3)4)38(34,8)23-20-35(32)37/h11,15,21,27,29,31-35H,9-10,12-14,16-20,22-25H2,1-8H3/b28-21+/t29-,31-,32+,33-,34+,35+,37-,38+/m0/s1. The molecule has 0 heterocycles. The van der Waals surface area contributed by atoms with Gasteiger partial charge in [-0.25, -0.2) is 4.79 Å². The van der Waals surface area contributed by atoms with Crippen LogP contribution in [-0.2, 0) is 9.47 Å². The highest BCUT2D eigenvalue weighted by atomic mass is 16.7. The average molecular weight is 567 g/mol. The molecule has 41 heavy (non-hydrogen) atoms. The van der Waals surface area contributed by atoms with Crippen LogP contribution in [0.4, 0.5) is 4.79 Å². The zero-order valence-corrected chi connectivity index (χ0v) is 27.9. The van der Waals surface area contributed by atoms with E-state index in [1.54, 1.807) is 5.57 Å². The lowest BCUT2D eigenvalue weighted by Crippen LogP contribution is -2.51. The molecule has 3 saturated carbocycles. The van der Waals surface area contributed by atoms with E-state index in [2.05, 4.69) is 67.5 Å². The lowest BCUT2D eigenvalue weighted by molar-refractivity contribution is -0.0613. The summed E-state index contributed by atoms with van der Waals surface area (Å²) in [5.74, 6) is 5.11. The van der Waals surface area contributed by atoms with Gasteiger partial charge < -0.3 is 9.47 Å². The minimum atomic E-state index is -0.505. The normalized spacial score (nSPS) is 35.6. The lowest BCUT2D eigenvalue weighted by Gasteiger charge is -2.58. The van der Waals surface area contributed by atoms with Gasteiger partial charge in [0.25, 0.3) is 0 Å². The molecule has 4 aliphatic carbocycles. The molecule has 3 nitrogen and oxygen atoms in total. The van der Waals surface area contributed by atoms with Crippen molar-refractivity contribution in [3.05, 3.63) is 34.9 Å². The number of carbonyl (C=O) groups is 1. The van der Waals surface area contributed by atoms with Crippen LogP contribution in [0, 0.1) is 46.3 Å². The van der Waals surface area contributed by atoms with Gasteiger partial charge in [0.2, 0.25) is 0 Å². The molecule has 0 saturated heterocycles. The Bertz CT molecular complexity index is 983. The third-order valence-electron chi connectivity index (χ3n) is 12.2. The highest BCUT2D eigenvalue weighted by Crippen LogP contribution is 2.67. The molecule has 3 fully saturated rings. The van der Waals surface area contributed by atoms with E-state index in [0.717, 1.165) is 67.6 Å². The summed E-state index contributed by atoms with van der Waals surface area (Å²) in [5.41, 5.74) is 4.97. The van der Waals surface area contributed by atoms with Crippen LogP contribution in [0.25, 0.3) is 0 Å². The summed E-state index contributed by atoms with van der Waals surface area (Å²) in [6.07, 6.45) is 22.4. The second kappa shape index (κ2) is 13.9. The summed E-state index contributed by atoms with van der Waals surface area (Å²) in [6.45, 7) is 19.2. The van der Waals surface area contributed by atoms with Gasteiger partial charge in [-0.1, -0.05) is 82.8 Å². The molecule has 0 aromatic heterocycles. The summed E-state index contributed by atoms with van der Waals surface area (Å²) in [6, 6.07) is 0. The largest absolute Gasteiger partial charge is 0.508 e. The Hall–Kier alpha value is -1.51. The molecule has 0 bridgehead atoms. The fourth-order valence-corrected chi connectivity index (χ4v) is 9.87. The molecule has 0 amide bonds. The number of carbonyl (C=O) groups excluding carboxylic acids is 1. The zero-order chi connectivity index (χ0) is 29.8. The Labute approximate surface area is 253 Å². The van der Waals surface area contributed by atoms with Crippen molar-refractivity contribution in [3.8, 4) is 0 Å². The third-order valence-corrected chi connectivity index (χ3v) is 12.2. The van der Waals surface area contributed by atoms with Gasteiger partial charge in [0.05, 0.1) is 0 Å². The van der Waals surface area contributed by atoms with Crippen LogP contribution in [-0.4, -0.2) is 18.9 Å². The van der Waals surface area contributed by atoms with E-state index in [1.807, 2.05) is 6.08 Å². The average Bonchev–Trinajstić information content (AvgIpc) is 3.25. The molecule has 0 aliphatic heterocycles. The number of rotatable bonds is 11. The smallest absolute Gasteiger partial charge is 0.431 e. The minimum absolute atomic E-state index is 0.0440. The van der Waals surface area contributed by atoms with Gasteiger partial charge in [0, 0.05) is 6.42 Å². The number of hydrogen-bond acceptors (Lipinski definition) is 3. The van der Waals surface area contributed by atoms with Gasteiger partial charge >= 0.3 is 6.16 Å². The number of ether oxygens (including phenoxy) is 2. The Kier molecular flexibility index (Phi) is 10.9. The summed E-state index contributed by atoms with van der Waals surface area (Å²) in [5, 5.41) is 0. The lowest BCUT2D eigenvalue weighted by atomic mass is 9.47. The number of allylic oxidation sites excluding steroid dienone is 4. The maximum absolute atomic E-state index is 12.5. The Morgan fingerprint density at radius 2 is 1.78 bits per heavy atom. The fourth-order valence-electron chi connectivity index (χ4n) is 9.87. The molecular weight excluding hydrogens is 504 g/mol. The van der Waals surface area contributed by atoms with Gasteiger partial charge in [0.15, 0.2) is 0 Å². The van der Waals surface area contributed by atoms with E-state index in [0.29, 0.717) is 12.0 Å².